The second-order valence-electron chi connectivity index (χ2n) is 4.58. The molecule has 1 aromatic carbocycles. The van der Waals surface area contributed by atoms with E-state index in [0.29, 0.717) is 0 Å². The molecule has 0 bridgehead atoms. The third-order valence-electron chi connectivity index (χ3n) is 3.38. The van der Waals surface area contributed by atoms with Gasteiger partial charge in [0.25, 0.3) is 0 Å². The molecule has 84 valence electrons. The molecule has 3 rings (SSSR count). The van der Waals surface area contributed by atoms with Gasteiger partial charge in [-0.3, -0.25) is 0 Å². The third-order valence-corrected chi connectivity index (χ3v) is 4.04. The smallest absolute Gasteiger partial charge is 0.0468 e. The predicted octanol–water partition coefficient (Wildman–Crippen LogP) is 3.08. The SMILES string of the molecule is Brc1c[nH]c2cc(CC3CCNC3)ccc12. The van der Waals surface area contributed by atoms with Crippen molar-refractivity contribution in [3.05, 3.63) is 34.4 Å². The van der Waals surface area contributed by atoms with Gasteiger partial charge in [-0.05, 0) is 59.4 Å². The Hall–Kier alpha value is -0.800. The van der Waals surface area contributed by atoms with Crippen LogP contribution in [0.3, 0.4) is 0 Å². The van der Waals surface area contributed by atoms with Gasteiger partial charge >= 0.3 is 0 Å². The minimum Gasteiger partial charge on any atom is -0.360 e. The first-order valence-electron chi connectivity index (χ1n) is 5.79. The number of rotatable bonds is 2. The summed E-state index contributed by atoms with van der Waals surface area (Å²) in [4.78, 5) is 3.29. The van der Waals surface area contributed by atoms with Crippen LogP contribution in [0.1, 0.15) is 12.0 Å². The summed E-state index contributed by atoms with van der Waals surface area (Å²) in [5.41, 5.74) is 2.67. The Labute approximate surface area is 104 Å². The number of hydrogen-bond donors (Lipinski definition) is 2. The zero-order valence-corrected chi connectivity index (χ0v) is 10.7. The Bertz CT molecular complexity index is 498. The van der Waals surface area contributed by atoms with E-state index in [1.54, 1.807) is 0 Å². The number of benzene rings is 1. The van der Waals surface area contributed by atoms with Gasteiger partial charge < -0.3 is 10.3 Å². The molecule has 1 unspecified atom stereocenters. The number of H-pyrrole nitrogens is 1. The van der Waals surface area contributed by atoms with Gasteiger partial charge in [-0.15, -0.1) is 0 Å². The molecule has 2 aromatic rings. The second-order valence-corrected chi connectivity index (χ2v) is 5.43. The highest BCUT2D eigenvalue weighted by molar-refractivity contribution is 9.10. The molecular weight excluding hydrogens is 264 g/mol. The molecule has 2 N–H and O–H groups in total. The highest BCUT2D eigenvalue weighted by atomic mass is 79.9. The summed E-state index contributed by atoms with van der Waals surface area (Å²) in [6, 6.07) is 6.73. The zero-order valence-electron chi connectivity index (χ0n) is 9.09. The van der Waals surface area contributed by atoms with Crippen molar-refractivity contribution in [2.24, 2.45) is 5.92 Å². The van der Waals surface area contributed by atoms with E-state index < -0.39 is 0 Å². The third kappa shape index (κ3) is 1.89. The monoisotopic (exact) mass is 278 g/mol. The normalized spacial score (nSPS) is 20.7. The molecule has 0 saturated carbocycles. The van der Waals surface area contributed by atoms with Gasteiger partial charge in [0.2, 0.25) is 0 Å². The predicted molar refractivity (Wildman–Crippen MR) is 70.7 cm³/mol. The molecular formula is C13H15BrN2. The summed E-state index contributed by atoms with van der Waals surface area (Å²) in [7, 11) is 0. The molecule has 1 aliphatic heterocycles. The minimum atomic E-state index is 0.816. The molecule has 0 amide bonds. The van der Waals surface area contributed by atoms with Crippen molar-refractivity contribution in [3.8, 4) is 0 Å². The molecule has 2 nitrogen and oxygen atoms in total. The van der Waals surface area contributed by atoms with E-state index in [1.165, 1.54) is 42.4 Å². The number of nitrogens with one attached hydrogen (secondary N) is 2. The molecule has 1 aliphatic rings. The van der Waals surface area contributed by atoms with Crippen LogP contribution in [0.4, 0.5) is 0 Å². The lowest BCUT2D eigenvalue weighted by atomic mass is 9.98. The Balaban J connectivity index is 1.87. The summed E-state index contributed by atoms with van der Waals surface area (Å²) in [5, 5.41) is 4.69. The number of hydrogen-bond acceptors (Lipinski definition) is 1. The van der Waals surface area contributed by atoms with Crippen molar-refractivity contribution in [3.63, 3.8) is 0 Å². The first-order valence-corrected chi connectivity index (χ1v) is 6.58. The van der Waals surface area contributed by atoms with E-state index in [1.807, 2.05) is 6.20 Å². The fourth-order valence-electron chi connectivity index (χ4n) is 2.49. The van der Waals surface area contributed by atoms with Gasteiger partial charge in [0, 0.05) is 21.6 Å². The number of aromatic nitrogens is 1. The summed E-state index contributed by atoms with van der Waals surface area (Å²) >= 11 is 3.54. The Morgan fingerprint density at radius 3 is 3.12 bits per heavy atom. The molecule has 0 spiro atoms. The summed E-state index contributed by atoms with van der Waals surface area (Å²) in [6.07, 6.45) is 4.51. The van der Waals surface area contributed by atoms with Crippen molar-refractivity contribution >= 4 is 26.8 Å². The summed E-state index contributed by atoms with van der Waals surface area (Å²) < 4.78 is 1.15. The van der Waals surface area contributed by atoms with Crippen LogP contribution < -0.4 is 5.32 Å². The van der Waals surface area contributed by atoms with Crippen molar-refractivity contribution in [1.82, 2.24) is 10.3 Å². The van der Waals surface area contributed by atoms with Crippen molar-refractivity contribution in [1.29, 1.82) is 0 Å². The van der Waals surface area contributed by atoms with Gasteiger partial charge in [0.15, 0.2) is 0 Å². The maximum absolute atomic E-state index is 3.54. The molecule has 16 heavy (non-hydrogen) atoms. The van der Waals surface area contributed by atoms with Crippen LogP contribution in [0, 0.1) is 5.92 Å². The van der Waals surface area contributed by atoms with Crippen LogP contribution in [0.5, 0.6) is 0 Å². The van der Waals surface area contributed by atoms with E-state index in [2.05, 4.69) is 44.4 Å². The van der Waals surface area contributed by atoms with E-state index >= 15 is 0 Å². The van der Waals surface area contributed by atoms with Crippen LogP contribution >= 0.6 is 15.9 Å². The number of aromatic amines is 1. The Kier molecular flexibility index (Phi) is 2.74. The lowest BCUT2D eigenvalue weighted by Crippen LogP contribution is -2.10. The summed E-state index contributed by atoms with van der Waals surface area (Å²) in [6.45, 7) is 2.35. The molecule has 2 heterocycles. The number of fused-ring (bicyclic) bond motifs is 1. The largest absolute Gasteiger partial charge is 0.360 e. The minimum absolute atomic E-state index is 0.816. The molecule has 3 heteroatoms. The topological polar surface area (TPSA) is 27.8 Å². The van der Waals surface area contributed by atoms with Crippen molar-refractivity contribution in [2.75, 3.05) is 13.1 Å². The molecule has 0 radical (unpaired) electrons. The lowest BCUT2D eigenvalue weighted by Gasteiger charge is -2.08. The number of halogens is 1. The molecule has 1 aromatic heterocycles. The van der Waals surface area contributed by atoms with Crippen LogP contribution in [0.15, 0.2) is 28.9 Å². The Morgan fingerprint density at radius 1 is 1.38 bits per heavy atom. The van der Waals surface area contributed by atoms with Crippen LogP contribution in [0.2, 0.25) is 0 Å². The average Bonchev–Trinajstić information content (AvgIpc) is 2.90. The molecule has 1 saturated heterocycles. The van der Waals surface area contributed by atoms with Crippen molar-refractivity contribution in [2.45, 2.75) is 12.8 Å². The van der Waals surface area contributed by atoms with E-state index in [-0.39, 0.29) is 0 Å². The first-order chi connectivity index (χ1) is 7.83. The van der Waals surface area contributed by atoms with Gasteiger partial charge in [0.05, 0.1) is 0 Å². The standard InChI is InChI=1S/C13H15BrN2/c14-12-8-16-13-6-9(1-2-11(12)13)5-10-3-4-15-7-10/h1-2,6,8,10,15-16H,3-5,7H2. The highest BCUT2D eigenvalue weighted by Gasteiger charge is 2.15. The fraction of sp³-hybridized carbons (Fsp3) is 0.385. The Morgan fingerprint density at radius 2 is 2.31 bits per heavy atom. The highest BCUT2D eigenvalue weighted by Crippen LogP contribution is 2.25. The van der Waals surface area contributed by atoms with E-state index in [0.717, 1.165) is 10.4 Å². The molecule has 1 fully saturated rings. The average molecular weight is 279 g/mol. The van der Waals surface area contributed by atoms with Crippen molar-refractivity contribution < 1.29 is 0 Å². The van der Waals surface area contributed by atoms with Gasteiger partial charge in [0.1, 0.15) is 0 Å². The van der Waals surface area contributed by atoms with Crippen LogP contribution in [-0.2, 0) is 6.42 Å². The van der Waals surface area contributed by atoms with Gasteiger partial charge in [-0.1, -0.05) is 12.1 Å². The lowest BCUT2D eigenvalue weighted by molar-refractivity contribution is 0.580. The first kappa shape index (κ1) is 10.4. The molecule has 1 atom stereocenters. The quantitative estimate of drug-likeness (QED) is 0.868. The van der Waals surface area contributed by atoms with E-state index in [9.17, 15) is 0 Å². The second kappa shape index (κ2) is 4.22. The van der Waals surface area contributed by atoms with Gasteiger partial charge in [-0.2, -0.15) is 0 Å². The van der Waals surface area contributed by atoms with E-state index in [4.69, 9.17) is 0 Å². The maximum atomic E-state index is 3.54. The van der Waals surface area contributed by atoms with Crippen LogP contribution in [-0.4, -0.2) is 18.1 Å². The van der Waals surface area contributed by atoms with Gasteiger partial charge in [-0.25, -0.2) is 0 Å². The summed E-state index contributed by atoms with van der Waals surface area (Å²) in [5.74, 6) is 0.816. The molecule has 0 aliphatic carbocycles. The maximum Gasteiger partial charge on any atom is 0.0468 e. The fourth-order valence-corrected chi connectivity index (χ4v) is 2.95. The zero-order chi connectivity index (χ0) is 11.0. The van der Waals surface area contributed by atoms with Crippen LogP contribution in [0.25, 0.3) is 10.9 Å².